The van der Waals surface area contributed by atoms with Crippen LogP contribution >= 0.6 is 0 Å². The number of likely N-dealkylation sites (tertiary alicyclic amines) is 1. The number of hydrogen-bond donors (Lipinski definition) is 2. The molecule has 5 rings (SSSR count). The molecule has 0 aliphatic carbocycles. The molecule has 3 aliphatic rings. The van der Waals surface area contributed by atoms with Crippen LogP contribution in [0.15, 0.2) is 48.5 Å². The number of nitrogens with two attached hydrogens (primary N) is 1. The fraction of sp³-hybridized carbons (Fsp3) is 0.520. The fourth-order valence-electron chi connectivity index (χ4n) is 5.48. The average Bonchev–Trinajstić information content (AvgIpc) is 2.79. The number of rotatable bonds is 3. The average molecular weight is 446 g/mol. The number of nitrogens with zero attached hydrogens (tertiary/aromatic N) is 1. The van der Waals surface area contributed by atoms with Gasteiger partial charge in [-0.1, -0.05) is 30.3 Å². The smallest absolute Gasteiger partial charge is 0.378 e. The predicted octanol–water partition coefficient (Wildman–Crippen LogP) is 5.13. The summed E-state index contributed by atoms with van der Waals surface area (Å²) in [6, 6.07) is 14.4. The summed E-state index contributed by atoms with van der Waals surface area (Å²) in [6.45, 7) is 2.73. The van der Waals surface area contributed by atoms with Crippen molar-refractivity contribution in [2.75, 3.05) is 25.0 Å². The summed E-state index contributed by atoms with van der Waals surface area (Å²) in [6.07, 6.45) is -0.935. The summed E-state index contributed by atoms with van der Waals surface area (Å²) in [4.78, 5) is 2.39. The highest BCUT2D eigenvalue weighted by molar-refractivity contribution is 5.58. The Bertz CT molecular complexity index is 928. The highest BCUT2D eigenvalue weighted by Crippen LogP contribution is 2.51. The quantitative estimate of drug-likeness (QED) is 0.688. The Morgan fingerprint density at radius 1 is 1.00 bits per heavy atom. The number of piperidine rings is 1. The Morgan fingerprint density at radius 3 is 2.47 bits per heavy atom. The molecule has 0 spiro atoms. The van der Waals surface area contributed by atoms with Gasteiger partial charge in [0.2, 0.25) is 0 Å². The molecule has 0 radical (unpaired) electrons. The minimum absolute atomic E-state index is 0.0133. The molecule has 0 aromatic heterocycles. The molecule has 2 aromatic carbocycles. The van der Waals surface area contributed by atoms with Crippen molar-refractivity contribution in [1.29, 1.82) is 0 Å². The van der Waals surface area contributed by atoms with E-state index in [0.29, 0.717) is 5.56 Å². The number of hydrogen-bond acceptors (Lipinski definition) is 4. The van der Waals surface area contributed by atoms with Crippen molar-refractivity contribution in [1.82, 2.24) is 4.90 Å². The van der Waals surface area contributed by atoms with E-state index in [1.807, 2.05) is 18.2 Å². The van der Waals surface area contributed by atoms with Crippen LogP contribution in [0.25, 0.3) is 0 Å². The zero-order valence-corrected chi connectivity index (χ0v) is 18.0. The Labute approximate surface area is 186 Å². The van der Waals surface area contributed by atoms with E-state index in [0.717, 1.165) is 62.6 Å². The predicted molar refractivity (Wildman–Crippen MR) is 118 cm³/mol. The zero-order valence-electron chi connectivity index (χ0n) is 18.0. The Morgan fingerprint density at radius 2 is 1.75 bits per heavy atom. The van der Waals surface area contributed by atoms with Crippen LogP contribution in [0.2, 0.25) is 0 Å². The third kappa shape index (κ3) is 4.38. The van der Waals surface area contributed by atoms with Crippen LogP contribution in [0.5, 0.6) is 0 Å². The standard InChI is InChI=1S/C25H30F3N3O/c26-25(27,28)17-6-9-22-21(14-17)24-20(23(30-22)16-4-2-1-3-5-16)8-7-19(32-24)15-31-12-10-18(29)11-13-31/h1-6,9,14,18-20,23-24,30H,7-8,10-13,15,29H2/t19-,20+,23+,24+/m1/s1. The van der Waals surface area contributed by atoms with E-state index in [-0.39, 0.29) is 30.2 Å². The molecule has 3 aliphatic heterocycles. The monoisotopic (exact) mass is 445 g/mol. The van der Waals surface area contributed by atoms with Gasteiger partial charge in [0.05, 0.1) is 23.8 Å². The van der Waals surface area contributed by atoms with Crippen molar-refractivity contribution in [2.45, 2.75) is 56.2 Å². The number of benzene rings is 2. The van der Waals surface area contributed by atoms with Crippen molar-refractivity contribution in [2.24, 2.45) is 11.7 Å². The highest BCUT2D eigenvalue weighted by atomic mass is 19.4. The summed E-state index contributed by atoms with van der Waals surface area (Å²) >= 11 is 0. The van der Waals surface area contributed by atoms with Crippen molar-refractivity contribution in [3.05, 3.63) is 65.2 Å². The van der Waals surface area contributed by atoms with Crippen LogP contribution in [-0.4, -0.2) is 36.7 Å². The van der Waals surface area contributed by atoms with Gasteiger partial charge >= 0.3 is 6.18 Å². The van der Waals surface area contributed by atoms with E-state index in [1.165, 1.54) is 6.07 Å². The minimum atomic E-state index is -4.37. The van der Waals surface area contributed by atoms with Crippen molar-refractivity contribution in [3.63, 3.8) is 0 Å². The Kier molecular flexibility index (Phi) is 5.90. The lowest BCUT2D eigenvalue weighted by molar-refractivity contribution is -0.138. The molecule has 0 bridgehead atoms. The number of anilines is 1. The molecular weight excluding hydrogens is 415 g/mol. The zero-order chi connectivity index (χ0) is 22.3. The Hall–Kier alpha value is -2.09. The van der Waals surface area contributed by atoms with Crippen LogP contribution in [0.1, 0.15) is 54.5 Å². The van der Waals surface area contributed by atoms with Gasteiger partial charge in [0, 0.05) is 29.8 Å². The van der Waals surface area contributed by atoms with E-state index in [9.17, 15) is 13.2 Å². The highest BCUT2D eigenvalue weighted by Gasteiger charge is 2.44. The van der Waals surface area contributed by atoms with Crippen LogP contribution in [0.4, 0.5) is 18.9 Å². The first-order valence-electron chi connectivity index (χ1n) is 11.5. The van der Waals surface area contributed by atoms with Gasteiger partial charge in [0.25, 0.3) is 0 Å². The minimum Gasteiger partial charge on any atom is -0.378 e. The molecule has 2 aromatic rings. The molecule has 3 heterocycles. The summed E-state index contributed by atoms with van der Waals surface area (Å²) in [5, 5.41) is 3.52. The number of alkyl halides is 3. The number of nitrogens with one attached hydrogen (secondary N) is 1. The van der Waals surface area contributed by atoms with Crippen molar-refractivity contribution in [3.8, 4) is 0 Å². The largest absolute Gasteiger partial charge is 0.416 e. The van der Waals surface area contributed by atoms with E-state index in [4.69, 9.17) is 10.5 Å². The van der Waals surface area contributed by atoms with Crippen LogP contribution in [0.3, 0.4) is 0 Å². The summed E-state index contributed by atoms with van der Waals surface area (Å²) in [5.74, 6) is 0.0828. The SMILES string of the molecule is NC1CCN(C[C@H]2CC[C@@H]3[C@H](O2)c2cc(C(F)(F)F)ccc2N[C@H]3c2ccccc2)CC1. The van der Waals surface area contributed by atoms with E-state index in [2.05, 4.69) is 22.3 Å². The van der Waals surface area contributed by atoms with E-state index in [1.54, 1.807) is 6.07 Å². The van der Waals surface area contributed by atoms with Gasteiger partial charge in [0.1, 0.15) is 0 Å². The number of ether oxygens (including phenoxy) is 1. The van der Waals surface area contributed by atoms with Crippen LogP contribution in [0, 0.1) is 5.92 Å². The maximum atomic E-state index is 13.5. The summed E-state index contributed by atoms with van der Waals surface area (Å²) < 4.78 is 47.0. The first kappa shape index (κ1) is 21.7. The van der Waals surface area contributed by atoms with E-state index < -0.39 is 11.7 Å². The molecule has 0 unspecified atom stereocenters. The first-order valence-corrected chi connectivity index (χ1v) is 11.5. The second-order valence-corrected chi connectivity index (χ2v) is 9.39. The molecule has 4 nitrogen and oxygen atoms in total. The maximum absolute atomic E-state index is 13.5. The lowest BCUT2D eigenvalue weighted by Crippen LogP contribution is -2.46. The van der Waals surface area contributed by atoms with Gasteiger partial charge in [-0.15, -0.1) is 0 Å². The number of halogens is 3. The lowest BCUT2D eigenvalue weighted by atomic mass is 9.76. The molecular formula is C25H30F3N3O. The lowest BCUT2D eigenvalue weighted by Gasteiger charge is -2.46. The topological polar surface area (TPSA) is 50.5 Å². The molecule has 2 fully saturated rings. The van der Waals surface area contributed by atoms with Gasteiger partial charge in [0.15, 0.2) is 0 Å². The summed E-state index contributed by atoms with van der Waals surface area (Å²) in [5.41, 5.74) is 7.91. The normalized spacial score (nSPS) is 29.1. The molecule has 4 atom stereocenters. The molecule has 2 saturated heterocycles. The number of fused-ring (bicyclic) bond motifs is 3. The third-order valence-electron chi connectivity index (χ3n) is 7.23. The molecule has 3 N–H and O–H groups in total. The second-order valence-electron chi connectivity index (χ2n) is 9.39. The molecule has 172 valence electrons. The molecule has 7 heteroatoms. The second kappa shape index (κ2) is 8.69. The van der Waals surface area contributed by atoms with Gasteiger partial charge in [-0.2, -0.15) is 13.2 Å². The van der Waals surface area contributed by atoms with Gasteiger partial charge in [-0.3, -0.25) is 0 Å². The van der Waals surface area contributed by atoms with Crippen molar-refractivity contribution < 1.29 is 17.9 Å². The van der Waals surface area contributed by atoms with Gasteiger partial charge in [-0.25, -0.2) is 0 Å². The summed E-state index contributed by atoms with van der Waals surface area (Å²) in [7, 11) is 0. The maximum Gasteiger partial charge on any atom is 0.416 e. The van der Waals surface area contributed by atoms with Gasteiger partial charge in [-0.05, 0) is 62.5 Å². The first-order chi connectivity index (χ1) is 15.4. The molecule has 0 amide bonds. The van der Waals surface area contributed by atoms with Crippen LogP contribution in [-0.2, 0) is 10.9 Å². The van der Waals surface area contributed by atoms with Crippen molar-refractivity contribution >= 4 is 5.69 Å². The van der Waals surface area contributed by atoms with E-state index >= 15 is 0 Å². The Balaban J connectivity index is 1.43. The third-order valence-corrected chi connectivity index (χ3v) is 7.23. The fourth-order valence-corrected chi connectivity index (χ4v) is 5.48. The molecule has 0 saturated carbocycles. The van der Waals surface area contributed by atoms with Crippen LogP contribution < -0.4 is 11.1 Å². The molecule has 32 heavy (non-hydrogen) atoms. The van der Waals surface area contributed by atoms with Gasteiger partial charge < -0.3 is 20.7 Å².